The van der Waals surface area contributed by atoms with Gasteiger partial charge in [0.15, 0.2) is 5.65 Å². The first-order chi connectivity index (χ1) is 8.33. The van der Waals surface area contributed by atoms with E-state index in [2.05, 4.69) is 15.4 Å². The van der Waals surface area contributed by atoms with Crippen molar-refractivity contribution in [3.8, 4) is 0 Å². The molecule has 0 unspecified atom stereocenters. The monoisotopic (exact) mass is 225 g/mol. The van der Waals surface area contributed by atoms with E-state index in [9.17, 15) is 0 Å². The van der Waals surface area contributed by atoms with Gasteiger partial charge in [0.05, 0.1) is 5.69 Å². The van der Waals surface area contributed by atoms with Crippen LogP contribution in [0.15, 0.2) is 48.8 Å². The highest BCUT2D eigenvalue weighted by atomic mass is 15.3. The van der Waals surface area contributed by atoms with Gasteiger partial charge in [-0.1, -0.05) is 18.2 Å². The van der Waals surface area contributed by atoms with E-state index in [-0.39, 0.29) is 0 Å². The van der Waals surface area contributed by atoms with Gasteiger partial charge in [0.25, 0.3) is 0 Å². The van der Waals surface area contributed by atoms with Crippen molar-refractivity contribution in [2.75, 3.05) is 11.1 Å². The molecule has 0 saturated heterocycles. The topological polar surface area (TPSA) is 68.2 Å². The SMILES string of the molecule is Nc1cc(Nc2ccccc2)c2nccn2n1. The van der Waals surface area contributed by atoms with Crippen LogP contribution in [0.5, 0.6) is 0 Å². The maximum Gasteiger partial charge on any atom is 0.177 e. The number of aromatic nitrogens is 3. The van der Waals surface area contributed by atoms with E-state index in [1.165, 1.54) is 0 Å². The Morgan fingerprint density at radius 1 is 1.18 bits per heavy atom. The van der Waals surface area contributed by atoms with Crippen molar-refractivity contribution in [2.45, 2.75) is 0 Å². The zero-order valence-corrected chi connectivity index (χ0v) is 9.04. The molecule has 0 bridgehead atoms. The summed E-state index contributed by atoms with van der Waals surface area (Å²) in [5.41, 5.74) is 8.32. The molecule has 84 valence electrons. The third-order valence-electron chi connectivity index (χ3n) is 2.43. The van der Waals surface area contributed by atoms with Crippen molar-refractivity contribution in [3.63, 3.8) is 0 Å². The Hall–Kier alpha value is -2.56. The summed E-state index contributed by atoms with van der Waals surface area (Å²) in [5, 5.41) is 7.40. The molecule has 3 N–H and O–H groups in total. The lowest BCUT2D eigenvalue weighted by Crippen LogP contribution is -2.01. The van der Waals surface area contributed by atoms with Crippen LogP contribution in [0.1, 0.15) is 0 Å². The first-order valence-electron chi connectivity index (χ1n) is 5.25. The smallest absolute Gasteiger partial charge is 0.177 e. The van der Waals surface area contributed by atoms with Gasteiger partial charge < -0.3 is 11.1 Å². The third-order valence-corrected chi connectivity index (χ3v) is 2.43. The van der Waals surface area contributed by atoms with Gasteiger partial charge in [0.1, 0.15) is 5.82 Å². The van der Waals surface area contributed by atoms with Gasteiger partial charge in [-0.25, -0.2) is 9.50 Å². The average Bonchev–Trinajstić information content (AvgIpc) is 2.78. The highest BCUT2D eigenvalue weighted by molar-refractivity contribution is 5.75. The van der Waals surface area contributed by atoms with E-state index in [4.69, 9.17) is 5.73 Å². The molecule has 0 amide bonds. The number of hydrogen-bond acceptors (Lipinski definition) is 4. The van der Waals surface area contributed by atoms with Crippen molar-refractivity contribution < 1.29 is 0 Å². The highest BCUT2D eigenvalue weighted by Crippen LogP contribution is 2.21. The van der Waals surface area contributed by atoms with Crippen LogP contribution in [0.4, 0.5) is 17.2 Å². The number of nitrogens with two attached hydrogens (primary N) is 1. The van der Waals surface area contributed by atoms with E-state index < -0.39 is 0 Å². The fourth-order valence-corrected chi connectivity index (χ4v) is 1.71. The largest absolute Gasteiger partial charge is 0.382 e. The Balaban J connectivity index is 2.08. The molecule has 3 aromatic rings. The lowest BCUT2D eigenvalue weighted by molar-refractivity contribution is 0.947. The summed E-state index contributed by atoms with van der Waals surface area (Å²) in [6, 6.07) is 11.6. The molecule has 17 heavy (non-hydrogen) atoms. The summed E-state index contributed by atoms with van der Waals surface area (Å²) in [4.78, 5) is 4.24. The quantitative estimate of drug-likeness (QED) is 0.700. The number of fused-ring (bicyclic) bond motifs is 1. The Morgan fingerprint density at radius 2 is 2.00 bits per heavy atom. The number of para-hydroxylation sites is 1. The van der Waals surface area contributed by atoms with Crippen LogP contribution in [0, 0.1) is 0 Å². The zero-order valence-electron chi connectivity index (χ0n) is 9.04. The highest BCUT2D eigenvalue weighted by Gasteiger charge is 2.05. The van der Waals surface area contributed by atoms with Crippen LogP contribution in [0.2, 0.25) is 0 Å². The minimum atomic E-state index is 0.453. The number of nitrogens with one attached hydrogen (secondary N) is 1. The Kier molecular flexibility index (Phi) is 2.15. The van der Waals surface area contributed by atoms with Gasteiger partial charge >= 0.3 is 0 Å². The lowest BCUT2D eigenvalue weighted by atomic mass is 10.3. The molecule has 3 rings (SSSR count). The van der Waals surface area contributed by atoms with Gasteiger partial charge in [0.2, 0.25) is 0 Å². The van der Waals surface area contributed by atoms with Gasteiger partial charge in [-0.05, 0) is 12.1 Å². The molecule has 0 radical (unpaired) electrons. The van der Waals surface area contributed by atoms with Crippen molar-refractivity contribution in [1.29, 1.82) is 0 Å². The average molecular weight is 225 g/mol. The molecular formula is C12H11N5. The normalized spacial score (nSPS) is 10.6. The second kappa shape index (κ2) is 3.79. The number of nitrogen functional groups attached to an aromatic ring is 1. The lowest BCUT2D eigenvalue weighted by Gasteiger charge is -2.07. The van der Waals surface area contributed by atoms with E-state index in [0.29, 0.717) is 5.82 Å². The molecule has 0 aliphatic rings. The summed E-state index contributed by atoms with van der Waals surface area (Å²) in [5.74, 6) is 0.453. The number of rotatable bonds is 2. The minimum absolute atomic E-state index is 0.453. The van der Waals surface area contributed by atoms with Crippen LogP contribution < -0.4 is 11.1 Å². The molecule has 0 fully saturated rings. The summed E-state index contributed by atoms with van der Waals surface area (Å²) < 4.78 is 1.65. The zero-order chi connectivity index (χ0) is 11.7. The summed E-state index contributed by atoms with van der Waals surface area (Å²) >= 11 is 0. The predicted octanol–water partition coefficient (Wildman–Crippen LogP) is 2.06. The molecule has 0 atom stereocenters. The molecule has 2 heterocycles. The molecule has 0 spiro atoms. The summed E-state index contributed by atoms with van der Waals surface area (Å²) in [7, 11) is 0. The van der Waals surface area contributed by atoms with Crippen molar-refractivity contribution in [2.24, 2.45) is 0 Å². The molecular weight excluding hydrogens is 214 g/mol. The van der Waals surface area contributed by atoms with Gasteiger partial charge in [0, 0.05) is 24.1 Å². The maximum atomic E-state index is 5.74. The van der Waals surface area contributed by atoms with Crippen LogP contribution in [0.3, 0.4) is 0 Å². The first kappa shape index (κ1) is 9.65. The molecule has 0 aliphatic heterocycles. The van der Waals surface area contributed by atoms with Crippen LogP contribution >= 0.6 is 0 Å². The van der Waals surface area contributed by atoms with Crippen LogP contribution in [0.25, 0.3) is 5.65 Å². The molecule has 2 aromatic heterocycles. The van der Waals surface area contributed by atoms with Crippen molar-refractivity contribution >= 4 is 22.8 Å². The van der Waals surface area contributed by atoms with Gasteiger partial charge in [-0.3, -0.25) is 0 Å². The van der Waals surface area contributed by atoms with Gasteiger partial charge in [-0.15, -0.1) is 5.10 Å². The number of hydrogen-bond donors (Lipinski definition) is 2. The van der Waals surface area contributed by atoms with Gasteiger partial charge in [-0.2, -0.15) is 0 Å². The number of benzene rings is 1. The van der Waals surface area contributed by atoms with E-state index >= 15 is 0 Å². The molecule has 0 aliphatic carbocycles. The van der Waals surface area contributed by atoms with Crippen LogP contribution in [-0.4, -0.2) is 14.6 Å². The van der Waals surface area contributed by atoms with Crippen LogP contribution in [-0.2, 0) is 0 Å². The molecule has 5 nitrogen and oxygen atoms in total. The van der Waals surface area contributed by atoms with E-state index in [1.807, 2.05) is 30.3 Å². The number of imidazole rings is 1. The molecule has 1 aromatic carbocycles. The summed E-state index contributed by atoms with van der Waals surface area (Å²) in [6.07, 6.45) is 3.46. The predicted molar refractivity (Wildman–Crippen MR) is 67.1 cm³/mol. The maximum absolute atomic E-state index is 5.74. The molecule has 5 heteroatoms. The molecule has 0 saturated carbocycles. The summed E-state index contributed by atoms with van der Waals surface area (Å²) in [6.45, 7) is 0. The Bertz CT molecular complexity index is 644. The van der Waals surface area contributed by atoms with Crippen molar-refractivity contribution in [1.82, 2.24) is 14.6 Å². The first-order valence-corrected chi connectivity index (χ1v) is 5.25. The second-order valence-corrected chi connectivity index (χ2v) is 3.67. The fourth-order valence-electron chi connectivity index (χ4n) is 1.71. The standard InChI is InChI=1S/C12H11N5/c13-11-8-10(12-14-6-7-17(12)16-11)15-9-4-2-1-3-5-9/h1-8,15H,(H2,13,16). The number of anilines is 3. The third kappa shape index (κ3) is 1.78. The second-order valence-electron chi connectivity index (χ2n) is 3.67. The fraction of sp³-hybridized carbons (Fsp3) is 0. The Labute approximate surface area is 97.9 Å². The number of nitrogens with zero attached hydrogens (tertiary/aromatic N) is 3. The Morgan fingerprint density at radius 3 is 2.82 bits per heavy atom. The van der Waals surface area contributed by atoms with E-state index in [1.54, 1.807) is 23.0 Å². The van der Waals surface area contributed by atoms with Crippen molar-refractivity contribution in [3.05, 3.63) is 48.8 Å². The van der Waals surface area contributed by atoms with E-state index in [0.717, 1.165) is 17.0 Å². The minimum Gasteiger partial charge on any atom is -0.382 e.